The smallest absolute Gasteiger partial charge is 0.0175 e. The Morgan fingerprint density at radius 3 is 1.89 bits per heavy atom. The Labute approximate surface area is 136 Å². The van der Waals surface area contributed by atoms with Crippen LogP contribution in [0.15, 0.2) is 28.7 Å². The first kappa shape index (κ1) is 16.7. The van der Waals surface area contributed by atoms with E-state index in [0.717, 1.165) is 21.1 Å². The van der Waals surface area contributed by atoms with Crippen LogP contribution in [0.4, 0.5) is 0 Å². The molecule has 0 aliphatic heterocycles. The van der Waals surface area contributed by atoms with Gasteiger partial charge >= 0.3 is 0 Å². The average molecular weight is 441 g/mol. The molecule has 1 rings (SSSR count). The van der Waals surface area contributed by atoms with Crippen LogP contribution in [0.1, 0.15) is 38.7 Å². The van der Waals surface area contributed by atoms with E-state index in [4.69, 9.17) is 0 Å². The van der Waals surface area contributed by atoms with Gasteiger partial charge in [0, 0.05) is 20.5 Å². The fourth-order valence-electron chi connectivity index (χ4n) is 2.35. The Hall–Kier alpha value is 0.660. The zero-order valence-electron chi connectivity index (χ0n) is 11.1. The van der Waals surface area contributed by atoms with E-state index in [2.05, 4.69) is 85.9 Å². The molecule has 0 radical (unpaired) electrons. The minimum atomic E-state index is 0.206. The van der Waals surface area contributed by atoms with Crippen molar-refractivity contribution >= 4 is 47.8 Å². The number of rotatable bonds is 7. The van der Waals surface area contributed by atoms with Crippen LogP contribution < -0.4 is 0 Å². The van der Waals surface area contributed by atoms with Gasteiger partial charge in [0.1, 0.15) is 0 Å². The maximum atomic E-state index is 3.73. The number of hydrogen-bond donors (Lipinski definition) is 0. The lowest BCUT2D eigenvalue weighted by atomic mass is 9.75. The maximum Gasteiger partial charge on any atom is 0.0175 e. The number of benzene rings is 1. The minimum Gasteiger partial charge on any atom is -0.0918 e. The van der Waals surface area contributed by atoms with E-state index in [1.807, 2.05) is 0 Å². The van der Waals surface area contributed by atoms with Crippen molar-refractivity contribution in [2.24, 2.45) is 5.92 Å². The summed E-state index contributed by atoms with van der Waals surface area (Å²) in [5.41, 5.74) is 1.63. The van der Waals surface area contributed by atoms with Crippen molar-refractivity contribution in [1.29, 1.82) is 0 Å². The van der Waals surface area contributed by atoms with Crippen molar-refractivity contribution in [3.63, 3.8) is 0 Å². The predicted molar refractivity (Wildman–Crippen MR) is 92.1 cm³/mol. The SMILES string of the molecule is CCC(CC)CC(CBr)(CBr)c1ccc(Br)cc1. The first-order chi connectivity index (χ1) is 8.61. The van der Waals surface area contributed by atoms with Gasteiger partial charge in [-0.1, -0.05) is 86.6 Å². The van der Waals surface area contributed by atoms with Crippen LogP contribution >= 0.6 is 47.8 Å². The Kier molecular flexibility index (Phi) is 7.48. The first-order valence-electron chi connectivity index (χ1n) is 6.49. The van der Waals surface area contributed by atoms with Gasteiger partial charge in [0.15, 0.2) is 0 Å². The van der Waals surface area contributed by atoms with Crippen LogP contribution in [-0.2, 0) is 5.41 Å². The molecule has 18 heavy (non-hydrogen) atoms. The molecule has 1 aromatic rings. The van der Waals surface area contributed by atoms with Crippen molar-refractivity contribution in [2.75, 3.05) is 10.7 Å². The molecule has 0 saturated carbocycles. The second kappa shape index (κ2) is 8.06. The molecule has 0 bridgehead atoms. The summed E-state index contributed by atoms with van der Waals surface area (Å²) in [6.07, 6.45) is 3.75. The summed E-state index contributed by atoms with van der Waals surface area (Å²) in [6.45, 7) is 4.59. The second-order valence-electron chi connectivity index (χ2n) is 4.94. The summed E-state index contributed by atoms with van der Waals surface area (Å²) in [5.74, 6) is 0.795. The highest BCUT2D eigenvalue weighted by Gasteiger charge is 2.32. The fourth-order valence-corrected chi connectivity index (χ4v) is 4.65. The standard InChI is InChI=1S/C15H21Br3/c1-3-12(4-2)9-15(10-16,11-17)13-5-7-14(18)8-6-13/h5-8,12H,3-4,9-11H2,1-2H3. The summed E-state index contributed by atoms with van der Waals surface area (Å²) in [6, 6.07) is 8.77. The van der Waals surface area contributed by atoms with Crippen LogP contribution in [0.2, 0.25) is 0 Å². The molecule has 0 aromatic heterocycles. The van der Waals surface area contributed by atoms with Crippen LogP contribution in [0.3, 0.4) is 0 Å². The Balaban J connectivity index is 3.02. The number of hydrogen-bond acceptors (Lipinski definition) is 0. The third kappa shape index (κ3) is 4.08. The van der Waals surface area contributed by atoms with Crippen molar-refractivity contribution in [3.05, 3.63) is 34.3 Å². The lowest BCUT2D eigenvalue weighted by molar-refractivity contribution is 0.355. The summed E-state index contributed by atoms with van der Waals surface area (Å²) < 4.78 is 1.15. The predicted octanol–water partition coefficient (Wildman–Crippen LogP) is 6.30. The van der Waals surface area contributed by atoms with E-state index in [0.29, 0.717) is 0 Å². The highest BCUT2D eigenvalue weighted by molar-refractivity contribution is 9.10. The third-order valence-electron chi connectivity index (χ3n) is 3.80. The molecule has 0 nitrogen and oxygen atoms in total. The highest BCUT2D eigenvalue weighted by atomic mass is 79.9. The normalized spacial score (nSPS) is 12.1. The van der Waals surface area contributed by atoms with Crippen LogP contribution in [0, 0.1) is 5.92 Å². The largest absolute Gasteiger partial charge is 0.0918 e. The molecule has 102 valence electrons. The molecular weight excluding hydrogens is 420 g/mol. The monoisotopic (exact) mass is 438 g/mol. The third-order valence-corrected chi connectivity index (χ3v) is 6.48. The fraction of sp³-hybridized carbons (Fsp3) is 0.600. The van der Waals surface area contributed by atoms with Crippen molar-refractivity contribution in [2.45, 2.75) is 38.5 Å². The van der Waals surface area contributed by atoms with Crippen molar-refractivity contribution in [3.8, 4) is 0 Å². The van der Waals surface area contributed by atoms with Crippen molar-refractivity contribution < 1.29 is 0 Å². The minimum absolute atomic E-state index is 0.206. The quantitative estimate of drug-likeness (QED) is 0.436. The number of halogens is 3. The van der Waals surface area contributed by atoms with Crippen LogP contribution in [0.25, 0.3) is 0 Å². The molecule has 0 aliphatic rings. The van der Waals surface area contributed by atoms with E-state index < -0.39 is 0 Å². The average Bonchev–Trinajstić information content (AvgIpc) is 2.42. The van der Waals surface area contributed by atoms with Crippen molar-refractivity contribution in [1.82, 2.24) is 0 Å². The van der Waals surface area contributed by atoms with E-state index in [1.165, 1.54) is 24.8 Å². The zero-order valence-corrected chi connectivity index (χ0v) is 15.8. The Morgan fingerprint density at radius 1 is 1.00 bits per heavy atom. The highest BCUT2D eigenvalue weighted by Crippen LogP contribution is 2.37. The van der Waals surface area contributed by atoms with E-state index >= 15 is 0 Å². The number of alkyl halides is 2. The molecule has 0 N–H and O–H groups in total. The Bertz CT molecular complexity index is 337. The van der Waals surface area contributed by atoms with Gasteiger partial charge in [-0.2, -0.15) is 0 Å². The van der Waals surface area contributed by atoms with E-state index in [9.17, 15) is 0 Å². The zero-order chi connectivity index (χ0) is 13.6. The Morgan fingerprint density at radius 2 is 1.50 bits per heavy atom. The topological polar surface area (TPSA) is 0 Å². The molecule has 0 spiro atoms. The van der Waals surface area contributed by atoms with Gasteiger partial charge in [-0.25, -0.2) is 0 Å². The summed E-state index contributed by atoms with van der Waals surface area (Å²) in [4.78, 5) is 0. The van der Waals surface area contributed by atoms with Gasteiger partial charge in [-0.05, 0) is 30.0 Å². The van der Waals surface area contributed by atoms with Gasteiger partial charge < -0.3 is 0 Å². The molecular formula is C15H21Br3. The molecule has 0 amide bonds. The molecule has 0 aliphatic carbocycles. The van der Waals surface area contributed by atoms with Crippen LogP contribution in [-0.4, -0.2) is 10.7 Å². The first-order valence-corrected chi connectivity index (χ1v) is 9.53. The summed E-state index contributed by atoms with van der Waals surface area (Å²) in [7, 11) is 0. The van der Waals surface area contributed by atoms with Gasteiger partial charge in [0.2, 0.25) is 0 Å². The molecule has 0 saturated heterocycles. The second-order valence-corrected chi connectivity index (χ2v) is 6.98. The summed E-state index contributed by atoms with van der Waals surface area (Å²) in [5, 5.41) is 2.01. The maximum absolute atomic E-state index is 3.73. The van der Waals surface area contributed by atoms with Gasteiger partial charge in [-0.15, -0.1) is 0 Å². The molecule has 1 aromatic carbocycles. The molecule has 0 fully saturated rings. The van der Waals surface area contributed by atoms with E-state index in [-0.39, 0.29) is 5.41 Å². The van der Waals surface area contributed by atoms with Gasteiger partial charge in [0.05, 0.1) is 0 Å². The molecule has 0 heterocycles. The van der Waals surface area contributed by atoms with Gasteiger partial charge in [0.25, 0.3) is 0 Å². The lowest BCUT2D eigenvalue weighted by Gasteiger charge is -2.34. The van der Waals surface area contributed by atoms with Crippen LogP contribution in [0.5, 0.6) is 0 Å². The molecule has 0 atom stereocenters. The molecule has 0 unspecified atom stereocenters. The summed E-state index contributed by atoms with van der Waals surface area (Å²) >= 11 is 11.0. The van der Waals surface area contributed by atoms with E-state index in [1.54, 1.807) is 0 Å². The lowest BCUT2D eigenvalue weighted by Crippen LogP contribution is -2.32. The molecule has 3 heteroatoms. The van der Waals surface area contributed by atoms with Gasteiger partial charge in [-0.3, -0.25) is 0 Å².